The van der Waals surface area contributed by atoms with Gasteiger partial charge in [0.25, 0.3) is 0 Å². The number of nitrogen functional groups attached to an aromatic ring is 1. The zero-order valence-corrected chi connectivity index (χ0v) is 10.7. The third-order valence-electron chi connectivity index (χ3n) is 2.93. The summed E-state index contributed by atoms with van der Waals surface area (Å²) in [5, 5.41) is 1.94. The number of nitrogens with two attached hydrogens (primary N) is 1. The Morgan fingerprint density at radius 1 is 1.39 bits per heavy atom. The SMILES string of the molecule is CCn1c(-c2sccc2N)nc2cc(F)ccc21. The molecule has 0 unspecified atom stereocenters. The van der Waals surface area contributed by atoms with Crippen molar-refractivity contribution in [3.8, 4) is 10.7 Å². The van der Waals surface area contributed by atoms with Crippen LogP contribution >= 0.6 is 11.3 Å². The Hall–Kier alpha value is -1.88. The molecular weight excluding hydrogens is 249 g/mol. The van der Waals surface area contributed by atoms with Crippen LogP contribution in [0, 0.1) is 5.82 Å². The second-order valence-corrected chi connectivity index (χ2v) is 4.93. The van der Waals surface area contributed by atoms with Crippen molar-refractivity contribution in [2.45, 2.75) is 13.5 Å². The van der Waals surface area contributed by atoms with E-state index < -0.39 is 0 Å². The normalized spacial score (nSPS) is 11.2. The lowest BCUT2D eigenvalue weighted by molar-refractivity contribution is 0.629. The summed E-state index contributed by atoms with van der Waals surface area (Å²) in [6, 6.07) is 6.53. The number of rotatable bonds is 2. The monoisotopic (exact) mass is 261 g/mol. The van der Waals surface area contributed by atoms with E-state index in [0.29, 0.717) is 11.2 Å². The number of anilines is 1. The largest absolute Gasteiger partial charge is 0.397 e. The Kier molecular flexibility index (Phi) is 2.56. The third-order valence-corrected chi connectivity index (χ3v) is 3.85. The van der Waals surface area contributed by atoms with E-state index in [1.54, 1.807) is 17.4 Å². The standard InChI is InChI=1S/C13H12FN3S/c1-2-17-11-4-3-8(14)7-10(11)16-13(17)12-9(15)5-6-18-12/h3-7H,2,15H2,1H3. The van der Waals surface area contributed by atoms with Crippen LogP contribution < -0.4 is 5.73 Å². The van der Waals surface area contributed by atoms with E-state index >= 15 is 0 Å². The molecule has 3 rings (SSSR count). The number of hydrogen-bond acceptors (Lipinski definition) is 3. The van der Waals surface area contributed by atoms with Gasteiger partial charge in [-0.3, -0.25) is 0 Å². The van der Waals surface area contributed by atoms with Crippen LogP contribution in [0.1, 0.15) is 6.92 Å². The quantitative estimate of drug-likeness (QED) is 0.767. The van der Waals surface area contributed by atoms with Crippen molar-refractivity contribution in [3.63, 3.8) is 0 Å². The fourth-order valence-electron chi connectivity index (χ4n) is 2.10. The van der Waals surface area contributed by atoms with Crippen molar-refractivity contribution in [1.82, 2.24) is 9.55 Å². The molecule has 18 heavy (non-hydrogen) atoms. The predicted molar refractivity (Wildman–Crippen MR) is 73.1 cm³/mol. The van der Waals surface area contributed by atoms with Gasteiger partial charge in [-0.1, -0.05) is 0 Å². The molecule has 0 fully saturated rings. The average Bonchev–Trinajstić information content (AvgIpc) is 2.91. The van der Waals surface area contributed by atoms with Crippen LogP contribution in [0.2, 0.25) is 0 Å². The molecule has 1 aromatic carbocycles. The first-order valence-corrected chi connectivity index (χ1v) is 6.57. The molecule has 2 N–H and O–H groups in total. The maximum absolute atomic E-state index is 13.2. The van der Waals surface area contributed by atoms with Crippen LogP contribution in [0.4, 0.5) is 10.1 Å². The number of halogens is 1. The number of imidazole rings is 1. The van der Waals surface area contributed by atoms with Gasteiger partial charge in [0.15, 0.2) is 5.82 Å². The van der Waals surface area contributed by atoms with Crippen molar-refractivity contribution in [2.75, 3.05) is 5.73 Å². The highest BCUT2D eigenvalue weighted by Crippen LogP contribution is 2.33. The van der Waals surface area contributed by atoms with Gasteiger partial charge in [-0.2, -0.15) is 0 Å². The second-order valence-electron chi connectivity index (χ2n) is 4.02. The van der Waals surface area contributed by atoms with Crippen LogP contribution in [-0.4, -0.2) is 9.55 Å². The molecule has 5 heteroatoms. The molecule has 0 aliphatic rings. The van der Waals surface area contributed by atoms with Crippen LogP contribution in [0.3, 0.4) is 0 Å². The van der Waals surface area contributed by atoms with Crippen LogP contribution in [0.25, 0.3) is 21.7 Å². The first kappa shape index (κ1) is 11.2. The second kappa shape index (κ2) is 4.10. The molecule has 0 spiro atoms. The molecule has 3 nitrogen and oxygen atoms in total. The Balaban J connectivity index is 2.32. The molecule has 92 valence electrons. The first-order valence-electron chi connectivity index (χ1n) is 5.70. The summed E-state index contributed by atoms with van der Waals surface area (Å²) < 4.78 is 15.3. The van der Waals surface area contributed by atoms with Crippen molar-refractivity contribution in [3.05, 3.63) is 35.5 Å². The van der Waals surface area contributed by atoms with Crippen LogP contribution in [0.15, 0.2) is 29.6 Å². The number of benzene rings is 1. The molecule has 0 saturated carbocycles. The molecule has 0 bridgehead atoms. The zero-order chi connectivity index (χ0) is 12.7. The van der Waals surface area contributed by atoms with Gasteiger partial charge in [-0.25, -0.2) is 9.37 Å². The summed E-state index contributed by atoms with van der Waals surface area (Å²) in [6.45, 7) is 2.81. The third kappa shape index (κ3) is 1.59. The van der Waals surface area contributed by atoms with Gasteiger partial charge in [0.05, 0.1) is 21.6 Å². The number of hydrogen-bond donors (Lipinski definition) is 1. The Morgan fingerprint density at radius 2 is 2.22 bits per heavy atom. The average molecular weight is 261 g/mol. The van der Waals surface area contributed by atoms with Gasteiger partial charge >= 0.3 is 0 Å². The van der Waals surface area contributed by atoms with E-state index in [1.165, 1.54) is 12.1 Å². The molecule has 0 aliphatic carbocycles. The maximum atomic E-state index is 13.2. The van der Waals surface area contributed by atoms with Crippen molar-refractivity contribution < 1.29 is 4.39 Å². The summed E-state index contributed by atoms with van der Waals surface area (Å²) in [5.74, 6) is 0.541. The number of thiophene rings is 1. The van der Waals surface area contributed by atoms with Gasteiger partial charge in [-0.05, 0) is 30.5 Å². The first-order chi connectivity index (χ1) is 8.70. The highest BCUT2D eigenvalue weighted by Gasteiger charge is 2.15. The van der Waals surface area contributed by atoms with E-state index in [1.807, 2.05) is 18.4 Å². The molecule has 0 amide bonds. The lowest BCUT2D eigenvalue weighted by Crippen LogP contribution is -1.97. The number of fused-ring (bicyclic) bond motifs is 1. The Bertz CT molecular complexity index is 714. The summed E-state index contributed by atoms with van der Waals surface area (Å²) in [6.07, 6.45) is 0. The number of aromatic nitrogens is 2. The molecular formula is C13H12FN3S. The summed E-state index contributed by atoms with van der Waals surface area (Å²) in [7, 11) is 0. The molecule has 2 heterocycles. The fourth-order valence-corrected chi connectivity index (χ4v) is 2.91. The minimum Gasteiger partial charge on any atom is -0.397 e. The summed E-state index contributed by atoms with van der Waals surface area (Å²) in [5.41, 5.74) is 8.24. The topological polar surface area (TPSA) is 43.8 Å². The van der Waals surface area contributed by atoms with E-state index in [0.717, 1.165) is 22.8 Å². The van der Waals surface area contributed by atoms with Gasteiger partial charge < -0.3 is 10.3 Å². The highest BCUT2D eigenvalue weighted by atomic mass is 32.1. The van der Waals surface area contributed by atoms with Gasteiger partial charge in [-0.15, -0.1) is 11.3 Å². The number of nitrogens with zero attached hydrogens (tertiary/aromatic N) is 2. The van der Waals surface area contributed by atoms with Gasteiger partial charge in [0.1, 0.15) is 5.82 Å². The Labute approximate surface area is 108 Å². The minimum absolute atomic E-state index is 0.269. The zero-order valence-electron chi connectivity index (χ0n) is 9.85. The molecule has 0 radical (unpaired) electrons. The van der Waals surface area contributed by atoms with Crippen LogP contribution in [0.5, 0.6) is 0 Å². The van der Waals surface area contributed by atoms with E-state index in [2.05, 4.69) is 9.55 Å². The highest BCUT2D eigenvalue weighted by molar-refractivity contribution is 7.14. The van der Waals surface area contributed by atoms with E-state index in [4.69, 9.17) is 5.73 Å². The van der Waals surface area contributed by atoms with Crippen LogP contribution in [-0.2, 0) is 6.54 Å². The van der Waals surface area contributed by atoms with Gasteiger partial charge in [0, 0.05) is 12.6 Å². The van der Waals surface area contributed by atoms with E-state index in [9.17, 15) is 4.39 Å². The maximum Gasteiger partial charge on any atom is 0.153 e. The minimum atomic E-state index is -0.269. The van der Waals surface area contributed by atoms with Gasteiger partial charge in [0.2, 0.25) is 0 Å². The predicted octanol–water partition coefficient (Wildman–Crippen LogP) is 3.51. The lowest BCUT2D eigenvalue weighted by Gasteiger charge is -2.04. The molecule has 0 aliphatic heterocycles. The van der Waals surface area contributed by atoms with Crippen molar-refractivity contribution in [1.29, 1.82) is 0 Å². The van der Waals surface area contributed by atoms with Crippen molar-refractivity contribution in [2.24, 2.45) is 0 Å². The Morgan fingerprint density at radius 3 is 2.89 bits per heavy atom. The molecule has 2 aromatic heterocycles. The molecule has 0 atom stereocenters. The van der Waals surface area contributed by atoms with E-state index in [-0.39, 0.29) is 5.82 Å². The molecule has 3 aromatic rings. The lowest BCUT2D eigenvalue weighted by atomic mass is 10.3. The molecule has 0 saturated heterocycles. The summed E-state index contributed by atoms with van der Waals surface area (Å²) >= 11 is 1.55. The smallest absolute Gasteiger partial charge is 0.153 e. The van der Waals surface area contributed by atoms with Crippen molar-refractivity contribution >= 4 is 28.1 Å². The fraction of sp³-hybridized carbons (Fsp3) is 0.154. The number of aryl methyl sites for hydroxylation is 1. The summed E-state index contributed by atoms with van der Waals surface area (Å²) in [4.78, 5) is 5.44.